The van der Waals surface area contributed by atoms with Crippen LogP contribution < -0.4 is 0 Å². The molecule has 0 aromatic heterocycles. The summed E-state index contributed by atoms with van der Waals surface area (Å²) < 4.78 is 0. The third-order valence-electron chi connectivity index (χ3n) is 0. The largest absolute Gasteiger partial charge is 0 e. The molecule has 0 radical (unpaired) electrons. The van der Waals surface area contributed by atoms with E-state index in [1.54, 1.807) is 0 Å². The second-order valence-electron chi connectivity index (χ2n) is 0.600. The monoisotopic (exact) mass is 292 g/mol. The Morgan fingerprint density at radius 3 is 0.875 bits per heavy atom. The van der Waals surface area contributed by atoms with E-state index in [0.29, 0.717) is 0 Å². The molecular formula is H8CaO4SiSrZn. The molecule has 0 amide bonds. The van der Waals surface area contributed by atoms with Crippen molar-refractivity contribution in [2.45, 2.75) is 0 Å². The Balaban J connectivity index is -0.0000000267. The Hall–Kier alpha value is 3.42. The summed E-state index contributed by atoms with van der Waals surface area (Å²) >= 11 is 0. The summed E-state index contributed by atoms with van der Waals surface area (Å²) in [4.78, 5) is 29.3. The van der Waals surface area contributed by atoms with Crippen LogP contribution in [0.4, 0.5) is 0 Å². The second kappa shape index (κ2) is 10.4. The molecule has 0 fully saturated rings. The van der Waals surface area contributed by atoms with Crippen LogP contribution in [0, 0.1) is 0 Å². The van der Waals surface area contributed by atoms with Crippen molar-refractivity contribution in [1.29, 1.82) is 0 Å². The van der Waals surface area contributed by atoms with Gasteiger partial charge in [0.25, 0.3) is 0 Å². The van der Waals surface area contributed by atoms with Crippen LogP contribution in [0.15, 0.2) is 0 Å². The van der Waals surface area contributed by atoms with Gasteiger partial charge in [0.1, 0.15) is 0 Å². The molecule has 0 aromatic carbocycles. The van der Waals surface area contributed by atoms with E-state index in [0.717, 1.165) is 0 Å². The topological polar surface area (TPSA) is 80.9 Å². The van der Waals surface area contributed by atoms with E-state index >= 15 is 0 Å². The first kappa shape index (κ1) is 22.5. The van der Waals surface area contributed by atoms with Crippen molar-refractivity contribution in [2.24, 2.45) is 0 Å². The molecule has 4 nitrogen and oxygen atoms in total. The average Bonchev–Trinajstić information content (AvgIpc) is 0.722. The van der Waals surface area contributed by atoms with Gasteiger partial charge in [-0.3, -0.25) is 0 Å². The Morgan fingerprint density at radius 2 is 0.875 bits per heavy atom. The molecule has 0 atom stereocenters. The molecular weight excluding hydrogens is 285 g/mol. The quantitative estimate of drug-likeness (QED) is 0.340. The number of rotatable bonds is 0. The van der Waals surface area contributed by atoms with Crippen LogP contribution in [0.2, 0.25) is 0 Å². The molecule has 0 aromatic rings. The number of hydrogen-bond acceptors (Lipinski definition) is 4. The smallest absolute Gasteiger partial charge is 0 e. The molecule has 0 saturated carbocycles. The summed E-state index contributed by atoms with van der Waals surface area (Å²) in [5.41, 5.74) is 0. The van der Waals surface area contributed by atoms with Crippen molar-refractivity contribution in [3.05, 3.63) is 0 Å². The molecule has 4 N–H and O–H groups in total. The van der Waals surface area contributed by atoms with Crippen LogP contribution in [0.5, 0.6) is 0 Å². The van der Waals surface area contributed by atoms with Gasteiger partial charge in [-0.25, -0.2) is 0 Å². The van der Waals surface area contributed by atoms with Crippen molar-refractivity contribution < 1.29 is 38.7 Å². The Bertz CT molecular complexity index is 31.5. The van der Waals surface area contributed by atoms with E-state index in [9.17, 15) is 0 Å². The van der Waals surface area contributed by atoms with Gasteiger partial charge in [-0.05, 0) is 0 Å². The van der Waals surface area contributed by atoms with Gasteiger partial charge >= 0.3 is 92.3 Å². The Labute approximate surface area is 128 Å². The van der Waals surface area contributed by atoms with Gasteiger partial charge < -0.3 is 19.2 Å². The van der Waals surface area contributed by atoms with Crippen LogP contribution >= 0.6 is 0 Å². The zero-order valence-corrected chi connectivity index (χ0v) is 6.96. The fourth-order valence-corrected chi connectivity index (χ4v) is 0. The van der Waals surface area contributed by atoms with Gasteiger partial charge in [0.05, 0.1) is 0 Å². The molecule has 0 rings (SSSR count). The summed E-state index contributed by atoms with van der Waals surface area (Å²) in [6, 6.07) is 0. The minimum absolute atomic E-state index is 0. The number of hydrogen-bond donors (Lipinski definition) is 4. The maximum atomic E-state index is 7.33. The van der Waals surface area contributed by atoms with Crippen LogP contribution in [0.1, 0.15) is 0 Å². The molecule has 0 unspecified atom stereocenters. The van der Waals surface area contributed by atoms with Gasteiger partial charge in [-0.1, -0.05) is 0 Å². The normalized spacial score (nSPS) is 7.50. The maximum Gasteiger partial charge on any atom is 0 e. The molecule has 0 spiro atoms. The van der Waals surface area contributed by atoms with E-state index < -0.39 is 9.05 Å². The third-order valence-corrected chi connectivity index (χ3v) is 0. The van der Waals surface area contributed by atoms with Crippen molar-refractivity contribution in [2.75, 3.05) is 0 Å². The summed E-state index contributed by atoms with van der Waals surface area (Å²) in [5.74, 6) is 0. The second-order valence-corrected chi connectivity index (χ2v) is 1.80. The molecule has 0 aliphatic rings. The van der Waals surface area contributed by atoms with Crippen LogP contribution in [-0.4, -0.2) is 111 Å². The van der Waals surface area contributed by atoms with Crippen molar-refractivity contribution in [3.63, 3.8) is 0 Å². The molecule has 8 heteroatoms. The third kappa shape index (κ3) is 57.1. The van der Waals surface area contributed by atoms with Gasteiger partial charge in [0.2, 0.25) is 0 Å². The Kier molecular flexibility index (Phi) is 29.3. The van der Waals surface area contributed by atoms with Crippen molar-refractivity contribution >= 4 is 92.3 Å². The predicted molar refractivity (Wildman–Crippen MR) is 31.7 cm³/mol. The zero-order valence-electron chi connectivity index (χ0n) is 3.00. The maximum absolute atomic E-state index is 7.33. The molecule has 0 bridgehead atoms. The summed E-state index contributed by atoms with van der Waals surface area (Å²) in [6.07, 6.45) is 0. The van der Waals surface area contributed by atoms with Crippen molar-refractivity contribution in [1.82, 2.24) is 0 Å². The van der Waals surface area contributed by atoms with Gasteiger partial charge in [0, 0.05) is 19.5 Å². The average molecular weight is 293 g/mol. The first-order chi connectivity index (χ1) is 2.00. The SMILES string of the molecule is O[Si](O)(O)O.[CaH2].[SrH2].[Zn]. The van der Waals surface area contributed by atoms with Crippen LogP contribution in [0.25, 0.3) is 0 Å². The van der Waals surface area contributed by atoms with Crippen LogP contribution in [0.3, 0.4) is 0 Å². The van der Waals surface area contributed by atoms with Gasteiger partial charge in [0.15, 0.2) is 0 Å². The molecule has 0 saturated heterocycles. The fraction of sp³-hybridized carbons (Fsp3) is 0. The van der Waals surface area contributed by atoms with E-state index in [1.807, 2.05) is 0 Å². The minimum Gasteiger partial charge on any atom is 0 e. The molecule has 0 aliphatic heterocycles. The Morgan fingerprint density at radius 1 is 0.875 bits per heavy atom. The molecule has 0 aliphatic carbocycles. The van der Waals surface area contributed by atoms with Crippen molar-refractivity contribution in [3.8, 4) is 0 Å². The summed E-state index contributed by atoms with van der Waals surface area (Å²) in [5, 5.41) is 0. The first-order valence-corrected chi connectivity index (χ1v) is 2.68. The summed E-state index contributed by atoms with van der Waals surface area (Å²) in [6.45, 7) is 0. The van der Waals surface area contributed by atoms with E-state index in [-0.39, 0.29) is 103 Å². The molecule has 42 valence electrons. The summed E-state index contributed by atoms with van der Waals surface area (Å²) in [7, 11) is -4.61. The molecule has 8 heavy (non-hydrogen) atoms. The predicted octanol–water partition coefficient (Wildman–Crippen LogP) is -4.44. The van der Waals surface area contributed by atoms with E-state index in [1.165, 1.54) is 0 Å². The standard InChI is InChI=1S/Ca.H4O4Si.Sr.Zn.4H/c;1-5(2,3)4;;;;;;/h;1-4H;;;;;;. The van der Waals surface area contributed by atoms with Gasteiger partial charge in [-0.2, -0.15) is 0 Å². The molecule has 0 heterocycles. The van der Waals surface area contributed by atoms with E-state index in [4.69, 9.17) is 19.2 Å². The fourth-order valence-electron chi connectivity index (χ4n) is 0. The van der Waals surface area contributed by atoms with Crippen LogP contribution in [-0.2, 0) is 19.5 Å². The van der Waals surface area contributed by atoms with E-state index in [2.05, 4.69) is 0 Å². The van der Waals surface area contributed by atoms with Gasteiger partial charge in [-0.15, -0.1) is 0 Å². The first-order valence-electron chi connectivity index (χ1n) is 0.894. The minimum atomic E-state index is -4.61. The zero-order chi connectivity index (χ0) is 4.50.